The van der Waals surface area contributed by atoms with Gasteiger partial charge in [-0.3, -0.25) is 4.79 Å². The quantitative estimate of drug-likeness (QED) is 0.757. The standard InChI is InChI=1S/C9H14BrN5O/c1-4(2)6(7(11)16)14-8-5(10)3-13-9(12)15-8/h3-4,6H,1-2H3,(H2,11,16)(H3,12,13,14,15). The van der Waals surface area contributed by atoms with E-state index in [9.17, 15) is 4.79 Å². The summed E-state index contributed by atoms with van der Waals surface area (Å²) in [6.45, 7) is 3.78. The number of anilines is 2. The van der Waals surface area contributed by atoms with E-state index in [-0.39, 0.29) is 11.9 Å². The van der Waals surface area contributed by atoms with Crippen LogP contribution in [-0.4, -0.2) is 21.9 Å². The third kappa shape index (κ3) is 3.06. The topological polar surface area (TPSA) is 107 Å². The Hall–Kier alpha value is -1.37. The SMILES string of the molecule is CC(C)C(Nc1nc(N)ncc1Br)C(N)=O. The van der Waals surface area contributed by atoms with Crippen LogP contribution in [0, 0.1) is 5.92 Å². The fourth-order valence-electron chi connectivity index (χ4n) is 1.20. The third-order valence-electron chi connectivity index (χ3n) is 2.03. The van der Waals surface area contributed by atoms with E-state index in [0.29, 0.717) is 10.3 Å². The lowest BCUT2D eigenvalue weighted by Crippen LogP contribution is -2.39. The zero-order valence-corrected chi connectivity index (χ0v) is 10.7. The molecule has 0 fully saturated rings. The summed E-state index contributed by atoms with van der Waals surface area (Å²) in [5.41, 5.74) is 10.7. The molecule has 88 valence electrons. The molecule has 1 heterocycles. The van der Waals surface area contributed by atoms with Crippen LogP contribution in [0.2, 0.25) is 0 Å². The van der Waals surface area contributed by atoms with E-state index < -0.39 is 11.9 Å². The lowest BCUT2D eigenvalue weighted by Gasteiger charge is -2.20. The number of amides is 1. The summed E-state index contributed by atoms with van der Waals surface area (Å²) in [6.07, 6.45) is 1.52. The first-order valence-corrected chi connectivity index (χ1v) is 5.55. The average Bonchev–Trinajstić information content (AvgIpc) is 2.18. The first-order chi connectivity index (χ1) is 7.41. The monoisotopic (exact) mass is 287 g/mol. The lowest BCUT2D eigenvalue weighted by molar-refractivity contribution is -0.119. The minimum absolute atomic E-state index is 0.0561. The number of nitrogens with zero attached hydrogens (tertiary/aromatic N) is 2. The molecule has 1 unspecified atom stereocenters. The van der Waals surface area contributed by atoms with E-state index >= 15 is 0 Å². The van der Waals surface area contributed by atoms with Gasteiger partial charge in [-0.25, -0.2) is 4.98 Å². The summed E-state index contributed by atoms with van der Waals surface area (Å²) < 4.78 is 0.633. The van der Waals surface area contributed by atoms with Crippen molar-refractivity contribution in [2.45, 2.75) is 19.9 Å². The summed E-state index contributed by atoms with van der Waals surface area (Å²) in [4.78, 5) is 19.0. The van der Waals surface area contributed by atoms with Gasteiger partial charge in [-0.15, -0.1) is 0 Å². The van der Waals surface area contributed by atoms with Crippen molar-refractivity contribution >= 4 is 33.6 Å². The highest BCUT2D eigenvalue weighted by molar-refractivity contribution is 9.10. The second kappa shape index (κ2) is 5.11. The molecule has 0 aliphatic heterocycles. The number of primary amides is 1. The Morgan fingerprint density at radius 3 is 2.69 bits per heavy atom. The maximum atomic E-state index is 11.2. The van der Waals surface area contributed by atoms with E-state index in [1.54, 1.807) is 0 Å². The number of nitrogen functional groups attached to an aromatic ring is 1. The molecule has 0 spiro atoms. The van der Waals surface area contributed by atoms with Crippen molar-refractivity contribution in [3.05, 3.63) is 10.7 Å². The number of carbonyl (C=O) groups is 1. The maximum absolute atomic E-state index is 11.2. The van der Waals surface area contributed by atoms with Gasteiger partial charge in [-0.1, -0.05) is 13.8 Å². The van der Waals surface area contributed by atoms with E-state index in [4.69, 9.17) is 11.5 Å². The Morgan fingerprint density at radius 1 is 1.56 bits per heavy atom. The molecule has 0 radical (unpaired) electrons. The van der Waals surface area contributed by atoms with Crippen LogP contribution < -0.4 is 16.8 Å². The molecule has 0 saturated carbocycles. The van der Waals surface area contributed by atoms with E-state index in [2.05, 4.69) is 31.2 Å². The second-order valence-corrected chi connectivity index (χ2v) is 4.55. The van der Waals surface area contributed by atoms with Gasteiger partial charge < -0.3 is 16.8 Å². The number of halogens is 1. The number of nitrogens with two attached hydrogens (primary N) is 2. The molecule has 16 heavy (non-hydrogen) atoms. The third-order valence-corrected chi connectivity index (χ3v) is 2.61. The molecule has 1 amide bonds. The Bertz CT molecular complexity index is 395. The van der Waals surface area contributed by atoms with Gasteiger partial charge in [0.2, 0.25) is 11.9 Å². The fraction of sp³-hybridized carbons (Fsp3) is 0.444. The molecule has 0 aliphatic carbocycles. The number of nitrogens with one attached hydrogen (secondary N) is 1. The number of rotatable bonds is 4. The van der Waals surface area contributed by atoms with Crippen LogP contribution >= 0.6 is 15.9 Å². The van der Waals surface area contributed by atoms with E-state index in [0.717, 1.165) is 0 Å². The predicted molar refractivity (Wildman–Crippen MR) is 65.6 cm³/mol. The number of hydrogen-bond donors (Lipinski definition) is 3. The fourth-order valence-corrected chi connectivity index (χ4v) is 1.50. The van der Waals surface area contributed by atoms with Crippen LogP contribution in [-0.2, 0) is 4.79 Å². The Balaban J connectivity index is 2.93. The first kappa shape index (κ1) is 12.7. The molecule has 1 rings (SSSR count). The van der Waals surface area contributed by atoms with Crippen molar-refractivity contribution in [3.63, 3.8) is 0 Å². The van der Waals surface area contributed by atoms with Crippen LogP contribution in [0.3, 0.4) is 0 Å². The summed E-state index contributed by atoms with van der Waals surface area (Å²) in [6, 6.07) is -0.495. The summed E-state index contributed by atoms with van der Waals surface area (Å²) in [5.74, 6) is 0.224. The minimum atomic E-state index is -0.495. The highest BCUT2D eigenvalue weighted by Gasteiger charge is 2.20. The van der Waals surface area contributed by atoms with Crippen molar-refractivity contribution < 1.29 is 4.79 Å². The number of carbonyl (C=O) groups excluding carboxylic acids is 1. The molecule has 1 aromatic rings. The zero-order chi connectivity index (χ0) is 12.3. The average molecular weight is 288 g/mol. The van der Waals surface area contributed by atoms with Crippen LogP contribution in [0.25, 0.3) is 0 Å². The number of aromatic nitrogens is 2. The summed E-state index contributed by atoms with van der Waals surface area (Å²) >= 11 is 3.26. The summed E-state index contributed by atoms with van der Waals surface area (Å²) in [7, 11) is 0. The van der Waals surface area contributed by atoms with Crippen molar-refractivity contribution in [2.24, 2.45) is 11.7 Å². The van der Waals surface area contributed by atoms with Gasteiger partial charge in [0.05, 0.1) is 4.47 Å². The smallest absolute Gasteiger partial charge is 0.240 e. The van der Waals surface area contributed by atoms with Crippen LogP contribution in [0.4, 0.5) is 11.8 Å². The van der Waals surface area contributed by atoms with Gasteiger partial charge in [0.1, 0.15) is 11.9 Å². The van der Waals surface area contributed by atoms with Crippen molar-refractivity contribution in [3.8, 4) is 0 Å². The summed E-state index contributed by atoms with van der Waals surface area (Å²) in [5, 5.41) is 2.93. The van der Waals surface area contributed by atoms with Gasteiger partial charge in [0.25, 0.3) is 0 Å². The normalized spacial score (nSPS) is 12.5. The van der Waals surface area contributed by atoms with Gasteiger partial charge in [-0.2, -0.15) is 4.98 Å². The predicted octanol–water partition coefficient (Wildman–Crippen LogP) is 0.743. The van der Waals surface area contributed by atoms with Gasteiger partial charge in [0, 0.05) is 6.20 Å². The molecular weight excluding hydrogens is 274 g/mol. The van der Waals surface area contributed by atoms with Crippen molar-refractivity contribution in [1.29, 1.82) is 0 Å². The van der Waals surface area contributed by atoms with Gasteiger partial charge >= 0.3 is 0 Å². The lowest BCUT2D eigenvalue weighted by atomic mass is 10.0. The molecular formula is C9H14BrN5O. The highest BCUT2D eigenvalue weighted by Crippen LogP contribution is 2.21. The van der Waals surface area contributed by atoms with Crippen LogP contribution in [0.15, 0.2) is 10.7 Å². The maximum Gasteiger partial charge on any atom is 0.240 e. The second-order valence-electron chi connectivity index (χ2n) is 3.69. The molecule has 1 aromatic heterocycles. The largest absolute Gasteiger partial charge is 0.368 e. The molecule has 0 bridgehead atoms. The molecule has 7 heteroatoms. The van der Waals surface area contributed by atoms with Gasteiger partial charge in [-0.05, 0) is 21.8 Å². The van der Waals surface area contributed by atoms with Crippen molar-refractivity contribution in [1.82, 2.24) is 9.97 Å². The molecule has 0 aromatic carbocycles. The number of hydrogen-bond acceptors (Lipinski definition) is 5. The minimum Gasteiger partial charge on any atom is -0.368 e. The molecule has 5 N–H and O–H groups in total. The Labute approximate surface area is 102 Å². The van der Waals surface area contributed by atoms with Crippen molar-refractivity contribution in [2.75, 3.05) is 11.1 Å². The van der Waals surface area contributed by atoms with Crippen LogP contribution in [0.5, 0.6) is 0 Å². The molecule has 1 atom stereocenters. The molecule has 6 nitrogen and oxygen atoms in total. The van der Waals surface area contributed by atoms with Gasteiger partial charge in [0.15, 0.2) is 0 Å². The molecule has 0 aliphatic rings. The van der Waals surface area contributed by atoms with E-state index in [1.807, 2.05) is 13.8 Å². The Morgan fingerprint density at radius 2 is 2.19 bits per heavy atom. The first-order valence-electron chi connectivity index (χ1n) is 4.75. The highest BCUT2D eigenvalue weighted by atomic mass is 79.9. The van der Waals surface area contributed by atoms with Crippen LogP contribution in [0.1, 0.15) is 13.8 Å². The van der Waals surface area contributed by atoms with E-state index in [1.165, 1.54) is 6.20 Å². The Kier molecular flexibility index (Phi) is 4.05. The zero-order valence-electron chi connectivity index (χ0n) is 9.07. The molecule has 0 saturated heterocycles.